The number of aromatic amines is 1. The van der Waals surface area contributed by atoms with Gasteiger partial charge >= 0.3 is 0 Å². The molecule has 0 spiro atoms. The number of anilines is 1. The summed E-state index contributed by atoms with van der Waals surface area (Å²) in [6.45, 7) is 3.97. The lowest BCUT2D eigenvalue weighted by molar-refractivity contribution is 0.214. The van der Waals surface area contributed by atoms with Gasteiger partial charge in [-0.3, -0.25) is 14.7 Å². The van der Waals surface area contributed by atoms with Crippen LogP contribution in [0.1, 0.15) is 24.1 Å². The number of nitriles is 1. The van der Waals surface area contributed by atoms with Gasteiger partial charge in [-0.05, 0) is 54.8 Å². The Morgan fingerprint density at radius 3 is 2.67 bits per heavy atom. The van der Waals surface area contributed by atoms with Crippen molar-refractivity contribution in [2.75, 3.05) is 31.1 Å². The molecule has 150 valence electrons. The summed E-state index contributed by atoms with van der Waals surface area (Å²) in [4.78, 5) is 24.5. The van der Waals surface area contributed by atoms with E-state index in [1.54, 1.807) is 18.5 Å². The maximum absolute atomic E-state index is 12.4. The highest BCUT2D eigenvalue weighted by atomic mass is 16.1. The molecule has 0 bridgehead atoms. The summed E-state index contributed by atoms with van der Waals surface area (Å²) in [7, 11) is 0. The molecule has 2 aromatic heterocycles. The zero-order valence-corrected chi connectivity index (χ0v) is 16.7. The molecule has 1 atom stereocenters. The van der Waals surface area contributed by atoms with E-state index in [0.29, 0.717) is 17.0 Å². The quantitative estimate of drug-likeness (QED) is 0.735. The van der Waals surface area contributed by atoms with E-state index in [1.165, 1.54) is 11.3 Å². The molecule has 0 unspecified atom stereocenters. The summed E-state index contributed by atoms with van der Waals surface area (Å²) in [5.41, 5.74) is 3.96. The maximum Gasteiger partial charge on any atom is 0.256 e. The van der Waals surface area contributed by atoms with Crippen LogP contribution in [0.5, 0.6) is 0 Å². The molecule has 2 aliphatic rings. The molecule has 1 saturated heterocycles. The predicted molar refractivity (Wildman–Crippen MR) is 118 cm³/mol. The number of hydrogen-bond donors (Lipinski definition) is 1. The number of allylic oxidation sites excluding steroid dienone is 1. The van der Waals surface area contributed by atoms with E-state index in [1.807, 2.05) is 30.3 Å². The molecule has 3 aromatic rings. The van der Waals surface area contributed by atoms with E-state index < -0.39 is 0 Å². The number of fused-ring (bicyclic) bond motifs is 1. The Labute approximate surface area is 175 Å². The molecule has 1 aliphatic heterocycles. The van der Waals surface area contributed by atoms with Gasteiger partial charge < -0.3 is 9.88 Å². The lowest BCUT2D eigenvalue weighted by Gasteiger charge is -2.38. The van der Waals surface area contributed by atoms with Gasteiger partial charge in [0.05, 0.1) is 17.0 Å². The molecule has 6 nitrogen and oxygen atoms in total. The third kappa shape index (κ3) is 3.49. The van der Waals surface area contributed by atoms with Gasteiger partial charge in [-0.1, -0.05) is 6.08 Å². The molecule has 1 N–H and O–H groups in total. The molecule has 3 heterocycles. The third-order valence-corrected chi connectivity index (χ3v) is 6.24. The van der Waals surface area contributed by atoms with Crippen molar-refractivity contribution in [1.82, 2.24) is 14.9 Å². The topological polar surface area (TPSA) is 76.0 Å². The molecule has 1 aromatic carbocycles. The molecule has 1 aliphatic carbocycles. The second-order valence-electron chi connectivity index (χ2n) is 7.95. The number of nitrogens with zero attached hydrogens (tertiary/aromatic N) is 4. The van der Waals surface area contributed by atoms with Gasteiger partial charge in [-0.25, -0.2) is 0 Å². The summed E-state index contributed by atoms with van der Waals surface area (Å²) >= 11 is 0. The van der Waals surface area contributed by atoms with Gasteiger partial charge in [-0.15, -0.1) is 0 Å². The molecule has 0 radical (unpaired) electrons. The fraction of sp³-hybridized carbons (Fsp3) is 0.292. The Morgan fingerprint density at radius 2 is 1.90 bits per heavy atom. The fourth-order valence-corrected chi connectivity index (χ4v) is 4.56. The monoisotopic (exact) mass is 397 g/mol. The lowest BCUT2D eigenvalue weighted by atomic mass is 10.1. The SMILES string of the molecule is N#Cc1ccc(N2CCN([C@H]3C=C(c4cc5cnccc5c(=O)[nH]4)CC3)CC2)cc1. The Balaban J connectivity index is 1.28. The van der Waals surface area contributed by atoms with Crippen molar-refractivity contribution in [1.29, 1.82) is 5.26 Å². The van der Waals surface area contributed by atoms with Gasteiger partial charge in [0.1, 0.15) is 0 Å². The van der Waals surface area contributed by atoms with Crippen LogP contribution in [0.25, 0.3) is 16.3 Å². The largest absolute Gasteiger partial charge is 0.369 e. The molecule has 6 heteroatoms. The average Bonchev–Trinajstić information content (AvgIpc) is 3.30. The fourth-order valence-electron chi connectivity index (χ4n) is 4.56. The number of nitrogens with one attached hydrogen (secondary N) is 1. The number of piperazine rings is 1. The highest BCUT2D eigenvalue weighted by Gasteiger charge is 2.27. The van der Waals surface area contributed by atoms with E-state index in [2.05, 4.69) is 31.9 Å². The molecule has 5 rings (SSSR count). The maximum atomic E-state index is 12.4. The lowest BCUT2D eigenvalue weighted by Crippen LogP contribution is -2.49. The average molecular weight is 397 g/mol. The van der Waals surface area contributed by atoms with E-state index in [4.69, 9.17) is 5.26 Å². The number of aromatic nitrogens is 2. The Hall–Kier alpha value is -3.43. The minimum Gasteiger partial charge on any atom is -0.369 e. The molecule has 0 amide bonds. The van der Waals surface area contributed by atoms with Gasteiger partial charge in [0.25, 0.3) is 5.56 Å². The first kappa shape index (κ1) is 18.6. The zero-order valence-electron chi connectivity index (χ0n) is 16.7. The molecular weight excluding hydrogens is 374 g/mol. The van der Waals surface area contributed by atoms with Crippen LogP contribution in [0.2, 0.25) is 0 Å². The number of hydrogen-bond acceptors (Lipinski definition) is 5. The van der Waals surface area contributed by atoms with Crippen LogP contribution in [0.15, 0.2) is 59.7 Å². The highest BCUT2D eigenvalue weighted by molar-refractivity contribution is 5.83. The van der Waals surface area contributed by atoms with Crippen LogP contribution >= 0.6 is 0 Å². The number of rotatable bonds is 3. The van der Waals surface area contributed by atoms with Crippen LogP contribution < -0.4 is 10.5 Å². The van der Waals surface area contributed by atoms with Gasteiger partial charge in [0, 0.05) is 61.4 Å². The first-order valence-corrected chi connectivity index (χ1v) is 10.4. The van der Waals surface area contributed by atoms with E-state index in [9.17, 15) is 4.79 Å². The van der Waals surface area contributed by atoms with E-state index in [0.717, 1.165) is 50.1 Å². The Morgan fingerprint density at radius 1 is 1.10 bits per heavy atom. The van der Waals surface area contributed by atoms with Crippen molar-refractivity contribution >= 4 is 22.0 Å². The third-order valence-electron chi connectivity index (χ3n) is 6.24. The first-order chi connectivity index (χ1) is 14.7. The smallest absolute Gasteiger partial charge is 0.256 e. The second kappa shape index (κ2) is 7.77. The van der Waals surface area contributed by atoms with Crippen molar-refractivity contribution in [3.05, 3.63) is 76.5 Å². The highest BCUT2D eigenvalue weighted by Crippen LogP contribution is 2.31. The van der Waals surface area contributed by atoms with Gasteiger partial charge in [0.15, 0.2) is 0 Å². The summed E-state index contributed by atoms with van der Waals surface area (Å²) in [6, 6.07) is 14.2. The zero-order chi connectivity index (χ0) is 20.5. The number of pyridine rings is 2. The summed E-state index contributed by atoms with van der Waals surface area (Å²) < 4.78 is 0. The summed E-state index contributed by atoms with van der Waals surface area (Å²) in [5.74, 6) is 0. The minimum absolute atomic E-state index is 0.0507. The van der Waals surface area contributed by atoms with Crippen molar-refractivity contribution in [2.24, 2.45) is 0 Å². The molecular formula is C24H23N5O. The normalized spacial score (nSPS) is 19.6. The van der Waals surface area contributed by atoms with Gasteiger partial charge in [-0.2, -0.15) is 5.26 Å². The van der Waals surface area contributed by atoms with Crippen LogP contribution in [0.4, 0.5) is 5.69 Å². The summed E-state index contributed by atoms with van der Waals surface area (Å²) in [6.07, 6.45) is 7.79. The van der Waals surface area contributed by atoms with Gasteiger partial charge in [0.2, 0.25) is 0 Å². The van der Waals surface area contributed by atoms with Crippen molar-refractivity contribution in [3.63, 3.8) is 0 Å². The van der Waals surface area contributed by atoms with Crippen LogP contribution in [0, 0.1) is 11.3 Å². The number of H-pyrrole nitrogens is 1. The van der Waals surface area contributed by atoms with Crippen LogP contribution in [-0.2, 0) is 0 Å². The predicted octanol–water partition coefficient (Wildman–Crippen LogP) is 3.16. The molecule has 1 fully saturated rings. The standard InChI is InChI=1S/C24H23N5O/c25-15-17-1-4-20(5-2-17)28-9-11-29(12-10-28)21-6-3-18(13-21)23-14-19-16-26-8-7-22(19)24(30)27-23/h1-2,4-5,7-8,13-14,16,21H,3,6,9-12H2,(H,27,30)/t21-/m1/s1. The van der Waals surface area contributed by atoms with Crippen LogP contribution in [-0.4, -0.2) is 47.1 Å². The van der Waals surface area contributed by atoms with E-state index >= 15 is 0 Å². The Bertz CT molecular complexity index is 1200. The minimum atomic E-state index is -0.0507. The Kier molecular flexibility index (Phi) is 4.82. The van der Waals surface area contributed by atoms with Crippen molar-refractivity contribution in [3.8, 4) is 6.07 Å². The molecule has 0 saturated carbocycles. The molecule has 30 heavy (non-hydrogen) atoms. The first-order valence-electron chi connectivity index (χ1n) is 10.4. The van der Waals surface area contributed by atoms with Crippen molar-refractivity contribution < 1.29 is 0 Å². The second-order valence-corrected chi connectivity index (χ2v) is 7.95. The van der Waals surface area contributed by atoms with Crippen molar-refractivity contribution in [2.45, 2.75) is 18.9 Å². The van der Waals surface area contributed by atoms with E-state index in [-0.39, 0.29) is 5.56 Å². The number of benzene rings is 1. The summed E-state index contributed by atoms with van der Waals surface area (Å²) in [5, 5.41) is 10.5. The van der Waals surface area contributed by atoms with Crippen LogP contribution in [0.3, 0.4) is 0 Å².